The Labute approximate surface area is 103 Å². The Morgan fingerprint density at radius 3 is 2.53 bits per heavy atom. The summed E-state index contributed by atoms with van der Waals surface area (Å²) in [4.78, 5) is 0. The molecule has 0 aromatic heterocycles. The average molecular weight is 229 g/mol. The molecular weight excluding hydrogens is 210 g/mol. The predicted molar refractivity (Wildman–Crippen MR) is 67.9 cm³/mol. The first-order valence-electron chi connectivity index (χ1n) is 6.27. The highest BCUT2D eigenvalue weighted by atomic mass is 16.5. The van der Waals surface area contributed by atoms with E-state index in [0.29, 0.717) is 6.61 Å². The van der Waals surface area contributed by atoms with Crippen molar-refractivity contribution in [2.45, 2.75) is 39.5 Å². The lowest BCUT2D eigenvalue weighted by molar-refractivity contribution is 0.201. The van der Waals surface area contributed by atoms with Gasteiger partial charge in [-0.3, -0.25) is 0 Å². The van der Waals surface area contributed by atoms with Crippen LogP contribution in [0, 0.1) is 30.6 Å². The first-order chi connectivity index (χ1) is 8.15. The Bertz CT molecular complexity index is 439. The highest BCUT2D eigenvalue weighted by Gasteiger charge is 2.34. The largest absolute Gasteiger partial charge is 0.492 e. The molecule has 1 aliphatic carbocycles. The van der Waals surface area contributed by atoms with Crippen LogP contribution in [-0.2, 0) is 0 Å². The molecular formula is C15H19NO. The summed E-state index contributed by atoms with van der Waals surface area (Å²) < 4.78 is 5.80. The third-order valence-corrected chi connectivity index (χ3v) is 3.79. The fraction of sp³-hybridized carbons (Fsp3) is 0.533. The van der Waals surface area contributed by atoms with Crippen molar-refractivity contribution in [3.05, 3.63) is 29.3 Å². The monoisotopic (exact) mass is 229 g/mol. The lowest BCUT2D eigenvalue weighted by atomic mass is 9.89. The van der Waals surface area contributed by atoms with Crippen LogP contribution in [0.2, 0.25) is 0 Å². The summed E-state index contributed by atoms with van der Waals surface area (Å²) in [6.07, 6.45) is 4.27. The van der Waals surface area contributed by atoms with Gasteiger partial charge in [0.25, 0.3) is 0 Å². The zero-order valence-electron chi connectivity index (χ0n) is 10.6. The summed E-state index contributed by atoms with van der Waals surface area (Å²) in [7, 11) is 0. The minimum atomic E-state index is -0.237. The molecule has 0 N–H and O–H groups in total. The quantitative estimate of drug-likeness (QED) is 0.790. The number of aryl methyl sites for hydroxylation is 2. The molecule has 1 fully saturated rings. The van der Waals surface area contributed by atoms with E-state index in [1.165, 1.54) is 11.1 Å². The molecule has 17 heavy (non-hydrogen) atoms. The SMILES string of the molecule is Cc1ccc(OCC2(C#N)CCCC2)cc1C. The van der Waals surface area contributed by atoms with Gasteiger partial charge in [-0.1, -0.05) is 18.9 Å². The van der Waals surface area contributed by atoms with Gasteiger partial charge >= 0.3 is 0 Å². The second kappa shape index (κ2) is 4.79. The number of nitriles is 1. The van der Waals surface area contributed by atoms with Gasteiger partial charge in [0.15, 0.2) is 0 Å². The Morgan fingerprint density at radius 1 is 1.24 bits per heavy atom. The Morgan fingerprint density at radius 2 is 1.94 bits per heavy atom. The van der Waals surface area contributed by atoms with E-state index in [-0.39, 0.29) is 5.41 Å². The van der Waals surface area contributed by atoms with Crippen molar-refractivity contribution >= 4 is 0 Å². The molecule has 1 aromatic carbocycles. The zero-order valence-corrected chi connectivity index (χ0v) is 10.6. The standard InChI is InChI=1S/C15H19NO/c1-12-5-6-14(9-13(12)2)17-11-15(10-16)7-3-4-8-15/h5-6,9H,3-4,7-8,11H2,1-2H3. The first kappa shape index (κ1) is 12.0. The van der Waals surface area contributed by atoms with E-state index in [1.807, 2.05) is 6.07 Å². The van der Waals surface area contributed by atoms with Crippen LogP contribution in [0.1, 0.15) is 36.8 Å². The molecule has 0 spiro atoms. The molecule has 1 aromatic rings. The third kappa shape index (κ3) is 2.61. The number of ether oxygens (including phenoxy) is 1. The first-order valence-corrected chi connectivity index (χ1v) is 6.27. The molecule has 0 bridgehead atoms. The van der Waals surface area contributed by atoms with Crippen LogP contribution < -0.4 is 4.74 Å². The molecule has 90 valence electrons. The molecule has 2 nitrogen and oxygen atoms in total. The number of hydrogen-bond donors (Lipinski definition) is 0. The van der Waals surface area contributed by atoms with Gasteiger partial charge in [-0.25, -0.2) is 0 Å². The number of hydrogen-bond acceptors (Lipinski definition) is 2. The van der Waals surface area contributed by atoms with Crippen LogP contribution in [0.15, 0.2) is 18.2 Å². The van der Waals surface area contributed by atoms with Crippen molar-refractivity contribution in [1.29, 1.82) is 5.26 Å². The number of nitrogens with zero attached hydrogens (tertiary/aromatic N) is 1. The molecule has 0 aliphatic heterocycles. The number of rotatable bonds is 3. The molecule has 0 saturated heterocycles. The smallest absolute Gasteiger partial charge is 0.119 e. The lowest BCUT2D eigenvalue weighted by Crippen LogP contribution is -2.23. The second-order valence-electron chi connectivity index (χ2n) is 5.13. The average Bonchev–Trinajstić information content (AvgIpc) is 2.80. The second-order valence-corrected chi connectivity index (χ2v) is 5.13. The Balaban J connectivity index is 2.02. The van der Waals surface area contributed by atoms with Crippen LogP contribution in [0.25, 0.3) is 0 Å². The fourth-order valence-electron chi connectivity index (χ4n) is 2.37. The van der Waals surface area contributed by atoms with Gasteiger partial charge in [0.1, 0.15) is 12.4 Å². The van der Waals surface area contributed by atoms with Crippen molar-refractivity contribution in [1.82, 2.24) is 0 Å². The lowest BCUT2D eigenvalue weighted by Gasteiger charge is -2.20. The summed E-state index contributed by atoms with van der Waals surface area (Å²) >= 11 is 0. The maximum absolute atomic E-state index is 9.26. The van der Waals surface area contributed by atoms with Gasteiger partial charge in [0, 0.05) is 0 Å². The topological polar surface area (TPSA) is 33.0 Å². The van der Waals surface area contributed by atoms with E-state index in [1.54, 1.807) is 0 Å². The summed E-state index contributed by atoms with van der Waals surface area (Å²) in [6, 6.07) is 8.56. The van der Waals surface area contributed by atoms with E-state index < -0.39 is 0 Å². The van der Waals surface area contributed by atoms with E-state index in [9.17, 15) is 5.26 Å². The Hall–Kier alpha value is -1.49. The van der Waals surface area contributed by atoms with Crippen molar-refractivity contribution in [2.75, 3.05) is 6.61 Å². The van der Waals surface area contributed by atoms with E-state index in [4.69, 9.17) is 4.74 Å². The highest BCUT2D eigenvalue weighted by Crippen LogP contribution is 2.37. The summed E-state index contributed by atoms with van der Waals surface area (Å²) in [5.41, 5.74) is 2.27. The van der Waals surface area contributed by atoms with Crippen molar-refractivity contribution in [3.8, 4) is 11.8 Å². The van der Waals surface area contributed by atoms with Crippen LogP contribution in [0.3, 0.4) is 0 Å². The molecule has 0 amide bonds. The molecule has 0 heterocycles. The molecule has 1 aliphatic rings. The van der Waals surface area contributed by atoms with Crippen molar-refractivity contribution < 1.29 is 4.74 Å². The van der Waals surface area contributed by atoms with Gasteiger partial charge in [-0.05, 0) is 49.9 Å². The fourth-order valence-corrected chi connectivity index (χ4v) is 2.37. The molecule has 2 rings (SSSR count). The summed E-state index contributed by atoms with van der Waals surface area (Å²) in [6.45, 7) is 4.71. The Kier molecular flexibility index (Phi) is 3.38. The van der Waals surface area contributed by atoms with E-state index in [0.717, 1.165) is 31.4 Å². The minimum absolute atomic E-state index is 0.237. The number of benzene rings is 1. The van der Waals surface area contributed by atoms with E-state index in [2.05, 4.69) is 32.0 Å². The molecule has 1 saturated carbocycles. The van der Waals surface area contributed by atoms with Crippen molar-refractivity contribution in [2.24, 2.45) is 5.41 Å². The molecule has 0 unspecified atom stereocenters. The zero-order chi connectivity index (χ0) is 12.3. The van der Waals surface area contributed by atoms with Crippen LogP contribution >= 0.6 is 0 Å². The van der Waals surface area contributed by atoms with Gasteiger partial charge < -0.3 is 4.74 Å². The van der Waals surface area contributed by atoms with Crippen LogP contribution in [0.4, 0.5) is 0 Å². The van der Waals surface area contributed by atoms with Crippen molar-refractivity contribution in [3.63, 3.8) is 0 Å². The van der Waals surface area contributed by atoms with Gasteiger partial charge in [0.05, 0.1) is 11.5 Å². The summed E-state index contributed by atoms with van der Waals surface area (Å²) in [5.74, 6) is 0.884. The summed E-state index contributed by atoms with van der Waals surface area (Å²) in [5, 5.41) is 9.26. The normalized spacial score (nSPS) is 17.7. The van der Waals surface area contributed by atoms with Crippen LogP contribution in [0.5, 0.6) is 5.75 Å². The van der Waals surface area contributed by atoms with Gasteiger partial charge in [-0.15, -0.1) is 0 Å². The maximum atomic E-state index is 9.26. The van der Waals surface area contributed by atoms with Gasteiger partial charge in [-0.2, -0.15) is 5.26 Å². The van der Waals surface area contributed by atoms with Gasteiger partial charge in [0.2, 0.25) is 0 Å². The minimum Gasteiger partial charge on any atom is -0.492 e. The highest BCUT2D eigenvalue weighted by molar-refractivity contribution is 5.33. The predicted octanol–water partition coefficient (Wildman–Crippen LogP) is 3.77. The molecule has 0 atom stereocenters. The maximum Gasteiger partial charge on any atom is 0.119 e. The molecule has 0 radical (unpaired) electrons. The molecule has 2 heteroatoms. The van der Waals surface area contributed by atoms with Crippen LogP contribution in [-0.4, -0.2) is 6.61 Å². The van der Waals surface area contributed by atoms with E-state index >= 15 is 0 Å². The third-order valence-electron chi connectivity index (χ3n) is 3.79.